The van der Waals surface area contributed by atoms with Crippen LogP contribution >= 0.6 is 11.6 Å². The highest BCUT2D eigenvalue weighted by atomic mass is 35.5. The van der Waals surface area contributed by atoms with Crippen LogP contribution in [-0.2, 0) is 0 Å². The van der Waals surface area contributed by atoms with E-state index >= 15 is 0 Å². The fraction of sp³-hybridized carbons (Fsp3) is 0.500. The Hall–Kier alpha value is -0.730. The molecule has 0 aliphatic heterocycles. The standard InChI is InChI=1S/C12H18ClNO/c1-3-4-5-11(14)10-8-9(13)6-7-12(10)15-2/h6-8,11H,3-5,14H2,1-2H3. The zero-order valence-electron chi connectivity index (χ0n) is 9.29. The van der Waals surface area contributed by atoms with E-state index in [1.165, 1.54) is 0 Å². The van der Waals surface area contributed by atoms with Crippen LogP contribution in [0.4, 0.5) is 0 Å². The molecule has 0 aromatic heterocycles. The molecule has 2 nitrogen and oxygen atoms in total. The van der Waals surface area contributed by atoms with Crippen LogP contribution in [-0.4, -0.2) is 7.11 Å². The summed E-state index contributed by atoms with van der Waals surface area (Å²) in [6, 6.07) is 5.58. The number of halogens is 1. The third kappa shape index (κ3) is 3.40. The number of hydrogen-bond acceptors (Lipinski definition) is 2. The highest BCUT2D eigenvalue weighted by Crippen LogP contribution is 2.29. The molecule has 84 valence electrons. The van der Waals surface area contributed by atoms with Gasteiger partial charge in [-0.3, -0.25) is 0 Å². The Morgan fingerprint density at radius 1 is 1.47 bits per heavy atom. The maximum absolute atomic E-state index is 6.09. The molecule has 2 N–H and O–H groups in total. The molecule has 1 unspecified atom stereocenters. The zero-order valence-corrected chi connectivity index (χ0v) is 10.1. The maximum Gasteiger partial charge on any atom is 0.123 e. The number of benzene rings is 1. The molecule has 15 heavy (non-hydrogen) atoms. The Kier molecular flexibility index (Phi) is 4.92. The third-order valence-electron chi connectivity index (χ3n) is 2.46. The Labute approximate surface area is 96.4 Å². The molecule has 0 aliphatic rings. The van der Waals surface area contributed by atoms with Gasteiger partial charge in [0.25, 0.3) is 0 Å². The van der Waals surface area contributed by atoms with Gasteiger partial charge in [-0.2, -0.15) is 0 Å². The Morgan fingerprint density at radius 2 is 2.20 bits per heavy atom. The van der Waals surface area contributed by atoms with Gasteiger partial charge in [-0.1, -0.05) is 31.4 Å². The van der Waals surface area contributed by atoms with Gasteiger partial charge < -0.3 is 10.5 Å². The molecular weight excluding hydrogens is 210 g/mol. The Morgan fingerprint density at radius 3 is 2.80 bits per heavy atom. The van der Waals surface area contributed by atoms with E-state index in [0.717, 1.165) is 30.6 Å². The van der Waals surface area contributed by atoms with Crippen molar-refractivity contribution in [2.24, 2.45) is 5.73 Å². The second-order valence-electron chi connectivity index (χ2n) is 3.63. The van der Waals surface area contributed by atoms with Gasteiger partial charge in [0.2, 0.25) is 0 Å². The minimum absolute atomic E-state index is 0.0126. The van der Waals surface area contributed by atoms with Crippen molar-refractivity contribution in [1.29, 1.82) is 0 Å². The smallest absolute Gasteiger partial charge is 0.123 e. The molecule has 0 amide bonds. The van der Waals surface area contributed by atoms with Crippen LogP contribution in [0.2, 0.25) is 5.02 Å². The van der Waals surface area contributed by atoms with Gasteiger partial charge in [0.15, 0.2) is 0 Å². The summed E-state index contributed by atoms with van der Waals surface area (Å²) in [7, 11) is 1.65. The van der Waals surface area contributed by atoms with Gasteiger partial charge in [0.1, 0.15) is 5.75 Å². The average Bonchev–Trinajstić information content (AvgIpc) is 2.25. The second kappa shape index (κ2) is 5.99. The number of methoxy groups -OCH3 is 1. The first-order valence-corrected chi connectivity index (χ1v) is 5.65. The Bertz CT molecular complexity index is 314. The van der Waals surface area contributed by atoms with Crippen LogP contribution < -0.4 is 10.5 Å². The summed E-state index contributed by atoms with van der Waals surface area (Å²) in [6.45, 7) is 2.15. The van der Waals surface area contributed by atoms with Crippen molar-refractivity contribution in [1.82, 2.24) is 0 Å². The number of hydrogen-bond donors (Lipinski definition) is 1. The van der Waals surface area contributed by atoms with E-state index in [2.05, 4.69) is 6.92 Å². The zero-order chi connectivity index (χ0) is 11.3. The quantitative estimate of drug-likeness (QED) is 0.835. The van der Waals surface area contributed by atoms with E-state index in [0.29, 0.717) is 5.02 Å². The Balaban J connectivity index is 2.85. The van der Waals surface area contributed by atoms with Crippen LogP contribution in [0, 0.1) is 0 Å². The molecule has 1 atom stereocenters. The lowest BCUT2D eigenvalue weighted by molar-refractivity contribution is 0.403. The molecule has 0 heterocycles. The van der Waals surface area contributed by atoms with Crippen LogP contribution in [0.15, 0.2) is 18.2 Å². The summed E-state index contributed by atoms with van der Waals surface area (Å²) in [6.07, 6.45) is 3.24. The maximum atomic E-state index is 6.09. The van der Waals surface area contributed by atoms with E-state index < -0.39 is 0 Å². The van der Waals surface area contributed by atoms with Gasteiger partial charge in [0, 0.05) is 16.6 Å². The normalized spacial score (nSPS) is 12.5. The predicted molar refractivity (Wildman–Crippen MR) is 64.5 cm³/mol. The molecule has 0 saturated carbocycles. The van der Waals surface area contributed by atoms with E-state index in [1.807, 2.05) is 18.2 Å². The first-order chi connectivity index (χ1) is 7.19. The molecular formula is C12H18ClNO. The minimum Gasteiger partial charge on any atom is -0.496 e. The van der Waals surface area contributed by atoms with Gasteiger partial charge in [-0.15, -0.1) is 0 Å². The van der Waals surface area contributed by atoms with Gasteiger partial charge in [0.05, 0.1) is 7.11 Å². The predicted octanol–water partition coefficient (Wildman–Crippen LogP) is 3.54. The lowest BCUT2D eigenvalue weighted by Gasteiger charge is -2.15. The summed E-state index contributed by atoms with van der Waals surface area (Å²) in [5.41, 5.74) is 7.09. The molecule has 3 heteroatoms. The molecule has 0 spiro atoms. The van der Waals surface area contributed by atoms with E-state index in [1.54, 1.807) is 7.11 Å². The van der Waals surface area contributed by atoms with Crippen molar-refractivity contribution in [2.75, 3.05) is 7.11 Å². The van der Waals surface area contributed by atoms with E-state index in [-0.39, 0.29) is 6.04 Å². The number of unbranched alkanes of at least 4 members (excludes halogenated alkanes) is 1. The lowest BCUT2D eigenvalue weighted by Crippen LogP contribution is -2.11. The summed E-state index contributed by atoms with van der Waals surface area (Å²) < 4.78 is 5.26. The summed E-state index contributed by atoms with van der Waals surface area (Å²) in [5, 5.41) is 0.706. The van der Waals surface area contributed by atoms with Gasteiger partial charge in [-0.05, 0) is 24.6 Å². The third-order valence-corrected chi connectivity index (χ3v) is 2.69. The van der Waals surface area contributed by atoms with Crippen molar-refractivity contribution >= 4 is 11.6 Å². The largest absolute Gasteiger partial charge is 0.496 e. The molecule has 1 aromatic carbocycles. The first kappa shape index (κ1) is 12.3. The SMILES string of the molecule is CCCCC(N)c1cc(Cl)ccc1OC. The number of nitrogens with two attached hydrogens (primary N) is 1. The van der Waals surface area contributed by atoms with Crippen molar-refractivity contribution in [3.8, 4) is 5.75 Å². The molecule has 0 aliphatic carbocycles. The second-order valence-corrected chi connectivity index (χ2v) is 4.07. The summed E-state index contributed by atoms with van der Waals surface area (Å²) in [4.78, 5) is 0. The van der Waals surface area contributed by atoms with Gasteiger partial charge in [-0.25, -0.2) is 0 Å². The van der Waals surface area contributed by atoms with Crippen LogP contribution in [0.5, 0.6) is 5.75 Å². The summed E-state index contributed by atoms with van der Waals surface area (Å²) in [5.74, 6) is 0.822. The summed E-state index contributed by atoms with van der Waals surface area (Å²) >= 11 is 5.94. The van der Waals surface area contributed by atoms with E-state index in [4.69, 9.17) is 22.1 Å². The molecule has 1 aromatic rings. The van der Waals surface area contributed by atoms with E-state index in [9.17, 15) is 0 Å². The lowest BCUT2D eigenvalue weighted by atomic mass is 10.0. The fourth-order valence-electron chi connectivity index (χ4n) is 1.57. The molecule has 0 bridgehead atoms. The fourth-order valence-corrected chi connectivity index (χ4v) is 1.76. The van der Waals surface area contributed by atoms with Crippen LogP contribution in [0.25, 0.3) is 0 Å². The van der Waals surface area contributed by atoms with Crippen molar-refractivity contribution < 1.29 is 4.74 Å². The van der Waals surface area contributed by atoms with Crippen LogP contribution in [0.3, 0.4) is 0 Å². The van der Waals surface area contributed by atoms with Crippen molar-refractivity contribution in [2.45, 2.75) is 32.2 Å². The molecule has 0 fully saturated rings. The minimum atomic E-state index is 0.0126. The monoisotopic (exact) mass is 227 g/mol. The molecule has 0 radical (unpaired) electrons. The highest BCUT2D eigenvalue weighted by Gasteiger charge is 2.11. The van der Waals surface area contributed by atoms with Crippen molar-refractivity contribution in [3.05, 3.63) is 28.8 Å². The molecule has 1 rings (SSSR count). The van der Waals surface area contributed by atoms with Gasteiger partial charge >= 0.3 is 0 Å². The van der Waals surface area contributed by atoms with Crippen LogP contribution in [0.1, 0.15) is 37.8 Å². The highest BCUT2D eigenvalue weighted by molar-refractivity contribution is 6.30. The molecule has 0 saturated heterocycles. The topological polar surface area (TPSA) is 35.2 Å². The average molecular weight is 228 g/mol. The van der Waals surface area contributed by atoms with Crippen molar-refractivity contribution in [3.63, 3.8) is 0 Å². The number of rotatable bonds is 5. The number of ether oxygens (including phenoxy) is 1. The first-order valence-electron chi connectivity index (χ1n) is 5.28.